The molecule has 0 radical (unpaired) electrons. The zero-order valence-electron chi connectivity index (χ0n) is 6.78. The van der Waals surface area contributed by atoms with E-state index in [1.165, 1.54) is 13.2 Å². The molecule has 1 N–H and O–H groups in total. The first-order chi connectivity index (χ1) is 5.69. The van der Waals surface area contributed by atoms with Gasteiger partial charge in [0.25, 0.3) is 0 Å². The molecule has 0 aliphatic heterocycles. The molecular formula is C9H10O3. The Balaban J connectivity index is 2.99. The lowest BCUT2D eigenvalue weighted by molar-refractivity contribution is -0.110. The molecule has 1 aliphatic rings. The monoisotopic (exact) mass is 166 g/mol. The Hall–Kier alpha value is -1.51. The molecule has 0 aromatic heterocycles. The Morgan fingerprint density at radius 1 is 1.67 bits per heavy atom. The lowest BCUT2D eigenvalue weighted by Crippen LogP contribution is -2.14. The van der Waals surface area contributed by atoms with E-state index in [2.05, 4.69) is 6.58 Å². The zero-order valence-corrected chi connectivity index (χ0v) is 6.78. The largest absolute Gasteiger partial charge is 0.511 e. The summed E-state index contributed by atoms with van der Waals surface area (Å²) in [7, 11) is 1.45. The fourth-order valence-corrected chi connectivity index (χ4v) is 1.06. The third-order valence-corrected chi connectivity index (χ3v) is 1.66. The smallest absolute Gasteiger partial charge is 0.138 e. The molecule has 0 aromatic rings. The van der Waals surface area contributed by atoms with Gasteiger partial charge in [-0.25, -0.2) is 0 Å². The summed E-state index contributed by atoms with van der Waals surface area (Å²) in [6, 6.07) is 0. The number of methoxy groups -OCH3 is 1. The Labute approximate surface area is 70.7 Å². The molecule has 1 atom stereocenters. The van der Waals surface area contributed by atoms with Crippen LogP contribution in [0.1, 0.15) is 0 Å². The molecule has 3 heteroatoms. The number of carbonyl (C=O) groups is 1. The van der Waals surface area contributed by atoms with Gasteiger partial charge >= 0.3 is 0 Å². The van der Waals surface area contributed by atoms with Crippen molar-refractivity contribution in [2.45, 2.75) is 0 Å². The molecule has 0 amide bonds. The van der Waals surface area contributed by atoms with Crippen molar-refractivity contribution in [3.05, 3.63) is 35.8 Å². The SMILES string of the molecule is C=C1C=C(O)C(C=O)C(OC)=C1. The predicted molar refractivity (Wildman–Crippen MR) is 44.5 cm³/mol. The van der Waals surface area contributed by atoms with E-state index in [0.717, 1.165) is 0 Å². The van der Waals surface area contributed by atoms with Crippen LogP contribution in [0, 0.1) is 5.92 Å². The summed E-state index contributed by atoms with van der Waals surface area (Å²) in [4.78, 5) is 10.5. The van der Waals surface area contributed by atoms with Crippen LogP contribution in [-0.4, -0.2) is 18.5 Å². The van der Waals surface area contributed by atoms with Crippen molar-refractivity contribution < 1.29 is 14.6 Å². The third kappa shape index (κ3) is 1.39. The summed E-state index contributed by atoms with van der Waals surface area (Å²) < 4.78 is 4.90. The molecule has 1 aliphatic carbocycles. The van der Waals surface area contributed by atoms with Gasteiger partial charge in [0, 0.05) is 0 Å². The van der Waals surface area contributed by atoms with Crippen molar-refractivity contribution in [1.82, 2.24) is 0 Å². The van der Waals surface area contributed by atoms with Crippen LogP contribution in [0.2, 0.25) is 0 Å². The van der Waals surface area contributed by atoms with Crippen LogP contribution >= 0.6 is 0 Å². The highest BCUT2D eigenvalue weighted by molar-refractivity contribution is 5.65. The van der Waals surface area contributed by atoms with Crippen LogP contribution in [0.5, 0.6) is 0 Å². The van der Waals surface area contributed by atoms with Gasteiger partial charge in [0.2, 0.25) is 0 Å². The maximum atomic E-state index is 10.5. The summed E-state index contributed by atoms with van der Waals surface area (Å²) in [5.41, 5.74) is 0.627. The van der Waals surface area contributed by atoms with Crippen molar-refractivity contribution in [2.75, 3.05) is 7.11 Å². The molecule has 0 heterocycles. The normalized spacial score (nSPS) is 22.8. The lowest BCUT2D eigenvalue weighted by atomic mass is 9.98. The van der Waals surface area contributed by atoms with Gasteiger partial charge in [0.15, 0.2) is 0 Å². The van der Waals surface area contributed by atoms with Crippen molar-refractivity contribution in [1.29, 1.82) is 0 Å². The topological polar surface area (TPSA) is 46.5 Å². The lowest BCUT2D eigenvalue weighted by Gasteiger charge is -2.17. The number of rotatable bonds is 2. The molecule has 0 spiro atoms. The number of ether oxygens (including phenoxy) is 1. The van der Waals surface area contributed by atoms with Gasteiger partial charge in [0.1, 0.15) is 23.7 Å². The van der Waals surface area contributed by atoms with Gasteiger partial charge in [-0.15, -0.1) is 0 Å². The van der Waals surface area contributed by atoms with E-state index in [1.54, 1.807) is 6.08 Å². The van der Waals surface area contributed by atoms with Crippen molar-refractivity contribution in [3.8, 4) is 0 Å². The highest BCUT2D eigenvalue weighted by atomic mass is 16.5. The molecule has 12 heavy (non-hydrogen) atoms. The van der Waals surface area contributed by atoms with Gasteiger partial charge in [0.05, 0.1) is 7.11 Å². The van der Waals surface area contributed by atoms with E-state index in [4.69, 9.17) is 4.74 Å². The summed E-state index contributed by atoms with van der Waals surface area (Å²) >= 11 is 0. The standard InChI is InChI=1S/C9H10O3/c1-6-3-8(11)7(5-10)9(4-6)12-2/h3-5,7,11H,1H2,2H3. The minimum atomic E-state index is -0.666. The fraction of sp³-hybridized carbons (Fsp3) is 0.222. The Bertz CT molecular complexity index is 273. The minimum absolute atomic E-state index is 0.0191. The molecule has 0 aromatic carbocycles. The van der Waals surface area contributed by atoms with Crippen LogP contribution in [-0.2, 0) is 9.53 Å². The summed E-state index contributed by atoms with van der Waals surface area (Å²) in [5, 5.41) is 9.29. The number of carbonyl (C=O) groups excluding carboxylic acids is 1. The molecule has 3 nitrogen and oxygen atoms in total. The minimum Gasteiger partial charge on any atom is -0.511 e. The number of hydrogen-bond acceptors (Lipinski definition) is 3. The second-order valence-corrected chi connectivity index (χ2v) is 2.51. The first kappa shape index (κ1) is 8.59. The van der Waals surface area contributed by atoms with Crippen molar-refractivity contribution in [3.63, 3.8) is 0 Å². The fourth-order valence-electron chi connectivity index (χ4n) is 1.06. The van der Waals surface area contributed by atoms with E-state index in [1.807, 2.05) is 0 Å². The maximum Gasteiger partial charge on any atom is 0.138 e. The van der Waals surface area contributed by atoms with Crippen molar-refractivity contribution in [2.24, 2.45) is 5.92 Å². The molecule has 1 unspecified atom stereocenters. The molecule has 0 bridgehead atoms. The van der Waals surface area contributed by atoms with Gasteiger partial charge < -0.3 is 14.6 Å². The number of hydrogen-bond donors (Lipinski definition) is 1. The average molecular weight is 166 g/mol. The molecule has 0 fully saturated rings. The quantitative estimate of drug-likeness (QED) is 0.630. The van der Waals surface area contributed by atoms with E-state index in [0.29, 0.717) is 17.6 Å². The summed E-state index contributed by atoms with van der Waals surface area (Å²) in [5.74, 6) is -0.259. The first-order valence-electron chi connectivity index (χ1n) is 3.49. The Morgan fingerprint density at radius 3 is 2.83 bits per heavy atom. The third-order valence-electron chi connectivity index (χ3n) is 1.66. The molecule has 1 rings (SSSR count). The van der Waals surface area contributed by atoms with E-state index < -0.39 is 5.92 Å². The van der Waals surface area contributed by atoms with E-state index in [9.17, 15) is 9.90 Å². The highest BCUT2D eigenvalue weighted by Crippen LogP contribution is 2.24. The summed E-state index contributed by atoms with van der Waals surface area (Å²) in [6.45, 7) is 3.62. The molecule has 0 saturated heterocycles. The van der Waals surface area contributed by atoms with Crippen molar-refractivity contribution >= 4 is 6.29 Å². The molecule has 64 valence electrons. The first-order valence-corrected chi connectivity index (χ1v) is 3.49. The van der Waals surface area contributed by atoms with Gasteiger partial charge in [-0.1, -0.05) is 6.58 Å². The summed E-state index contributed by atoms with van der Waals surface area (Å²) in [6.07, 6.45) is 3.70. The van der Waals surface area contributed by atoms with Crippen LogP contribution in [0.4, 0.5) is 0 Å². The second-order valence-electron chi connectivity index (χ2n) is 2.51. The molecular weight excluding hydrogens is 156 g/mol. The van der Waals surface area contributed by atoms with Crippen LogP contribution in [0.15, 0.2) is 35.8 Å². The Kier molecular flexibility index (Phi) is 2.33. The van der Waals surface area contributed by atoms with Gasteiger partial charge in [-0.05, 0) is 17.7 Å². The number of aldehydes is 1. The maximum absolute atomic E-state index is 10.5. The van der Waals surface area contributed by atoms with Crippen LogP contribution < -0.4 is 0 Å². The van der Waals surface area contributed by atoms with E-state index in [-0.39, 0.29) is 5.76 Å². The number of aliphatic hydroxyl groups excluding tert-OH is 1. The van der Waals surface area contributed by atoms with Gasteiger partial charge in [-0.2, -0.15) is 0 Å². The van der Waals surface area contributed by atoms with Crippen LogP contribution in [0.3, 0.4) is 0 Å². The van der Waals surface area contributed by atoms with E-state index >= 15 is 0 Å². The van der Waals surface area contributed by atoms with Crippen LogP contribution in [0.25, 0.3) is 0 Å². The second kappa shape index (κ2) is 3.26. The number of allylic oxidation sites excluding steroid dienone is 3. The van der Waals surface area contributed by atoms with Gasteiger partial charge in [-0.3, -0.25) is 0 Å². The predicted octanol–water partition coefficient (Wildman–Crippen LogP) is 1.34. The zero-order chi connectivity index (χ0) is 9.14. The Morgan fingerprint density at radius 2 is 2.33 bits per heavy atom. The average Bonchev–Trinajstić information content (AvgIpc) is 2.03. The highest BCUT2D eigenvalue weighted by Gasteiger charge is 2.22. The molecule has 0 saturated carbocycles. The number of aliphatic hydroxyl groups is 1.